The summed E-state index contributed by atoms with van der Waals surface area (Å²) in [6.07, 6.45) is 1.40. The van der Waals surface area contributed by atoms with Crippen LogP contribution in [0.3, 0.4) is 0 Å². The Hall–Kier alpha value is -2.88. The van der Waals surface area contributed by atoms with Crippen LogP contribution >= 0.6 is 0 Å². The van der Waals surface area contributed by atoms with Crippen molar-refractivity contribution >= 4 is 22.6 Å². The number of hydrogen-bond acceptors (Lipinski definition) is 3. The minimum absolute atomic E-state index is 0.218. The van der Waals surface area contributed by atoms with Crippen LogP contribution in [-0.4, -0.2) is 16.1 Å². The minimum Gasteiger partial charge on any atom is -0.478 e. The quantitative estimate of drug-likeness (QED) is 0.766. The van der Waals surface area contributed by atoms with Crippen molar-refractivity contribution in [2.45, 2.75) is 6.54 Å². The SMILES string of the molecule is O=C(O)c1cnc(NCc2ccccc2)c2ccccc12. The average molecular weight is 278 g/mol. The van der Waals surface area contributed by atoms with Crippen molar-refractivity contribution in [3.63, 3.8) is 0 Å². The number of rotatable bonds is 4. The second-order valence-corrected chi connectivity index (χ2v) is 4.71. The molecule has 0 saturated heterocycles. The van der Waals surface area contributed by atoms with Crippen LogP contribution < -0.4 is 5.32 Å². The van der Waals surface area contributed by atoms with Gasteiger partial charge in [-0.3, -0.25) is 0 Å². The van der Waals surface area contributed by atoms with Crippen molar-refractivity contribution in [2.75, 3.05) is 5.32 Å². The van der Waals surface area contributed by atoms with Crippen LogP contribution in [-0.2, 0) is 6.54 Å². The van der Waals surface area contributed by atoms with Gasteiger partial charge in [-0.25, -0.2) is 9.78 Å². The number of nitrogens with zero attached hydrogens (tertiary/aromatic N) is 1. The maximum Gasteiger partial charge on any atom is 0.337 e. The van der Waals surface area contributed by atoms with Crippen LogP contribution in [0.1, 0.15) is 15.9 Å². The van der Waals surface area contributed by atoms with Crippen molar-refractivity contribution in [1.82, 2.24) is 4.98 Å². The van der Waals surface area contributed by atoms with Crippen molar-refractivity contribution in [3.8, 4) is 0 Å². The van der Waals surface area contributed by atoms with Gasteiger partial charge in [-0.1, -0.05) is 54.6 Å². The third-order valence-electron chi connectivity index (χ3n) is 3.33. The van der Waals surface area contributed by atoms with Gasteiger partial charge in [0, 0.05) is 23.5 Å². The molecule has 0 radical (unpaired) electrons. The molecule has 0 aliphatic heterocycles. The lowest BCUT2D eigenvalue weighted by atomic mass is 10.1. The van der Waals surface area contributed by atoms with E-state index in [4.69, 9.17) is 0 Å². The maximum atomic E-state index is 11.2. The monoisotopic (exact) mass is 278 g/mol. The first-order chi connectivity index (χ1) is 10.3. The second-order valence-electron chi connectivity index (χ2n) is 4.71. The minimum atomic E-state index is -0.965. The van der Waals surface area contributed by atoms with Crippen molar-refractivity contribution in [1.29, 1.82) is 0 Å². The normalized spacial score (nSPS) is 10.5. The van der Waals surface area contributed by atoms with E-state index in [1.807, 2.05) is 48.5 Å². The summed E-state index contributed by atoms with van der Waals surface area (Å²) < 4.78 is 0. The molecule has 3 aromatic rings. The zero-order chi connectivity index (χ0) is 14.7. The van der Waals surface area contributed by atoms with Crippen LogP contribution in [0.4, 0.5) is 5.82 Å². The van der Waals surface area contributed by atoms with Gasteiger partial charge in [-0.2, -0.15) is 0 Å². The zero-order valence-electron chi connectivity index (χ0n) is 11.3. The molecule has 2 N–H and O–H groups in total. The Morgan fingerprint density at radius 2 is 1.67 bits per heavy atom. The largest absolute Gasteiger partial charge is 0.478 e. The predicted molar refractivity (Wildman–Crippen MR) is 82.5 cm³/mol. The van der Waals surface area contributed by atoms with Crippen LogP contribution in [0.5, 0.6) is 0 Å². The Bertz CT molecular complexity index is 785. The summed E-state index contributed by atoms with van der Waals surface area (Å²) in [5, 5.41) is 14.0. The summed E-state index contributed by atoms with van der Waals surface area (Å²) in [7, 11) is 0. The number of carboxylic acid groups (broad SMARTS) is 1. The van der Waals surface area contributed by atoms with Gasteiger partial charge in [0.15, 0.2) is 0 Å². The van der Waals surface area contributed by atoms with E-state index in [1.165, 1.54) is 6.20 Å². The Balaban J connectivity index is 1.96. The van der Waals surface area contributed by atoms with Gasteiger partial charge in [0.1, 0.15) is 5.82 Å². The average Bonchev–Trinajstić information content (AvgIpc) is 2.53. The molecule has 1 heterocycles. The van der Waals surface area contributed by atoms with Gasteiger partial charge in [0.2, 0.25) is 0 Å². The molecular formula is C17H14N2O2. The Morgan fingerprint density at radius 3 is 2.38 bits per heavy atom. The molecule has 0 bridgehead atoms. The fourth-order valence-electron chi connectivity index (χ4n) is 2.29. The van der Waals surface area contributed by atoms with E-state index in [-0.39, 0.29) is 5.56 Å². The number of benzene rings is 2. The van der Waals surface area contributed by atoms with Crippen molar-refractivity contribution < 1.29 is 9.90 Å². The third kappa shape index (κ3) is 2.69. The molecule has 0 aliphatic rings. The molecule has 0 spiro atoms. The van der Waals surface area contributed by atoms with Crippen LogP contribution in [0, 0.1) is 0 Å². The number of anilines is 1. The molecule has 1 aromatic heterocycles. The lowest BCUT2D eigenvalue weighted by Crippen LogP contribution is -2.05. The number of hydrogen-bond donors (Lipinski definition) is 2. The van der Waals surface area contributed by atoms with Crippen LogP contribution in [0.15, 0.2) is 60.8 Å². The van der Waals surface area contributed by atoms with E-state index in [9.17, 15) is 9.90 Å². The number of carbonyl (C=O) groups is 1. The lowest BCUT2D eigenvalue weighted by Gasteiger charge is -2.10. The smallest absolute Gasteiger partial charge is 0.337 e. The number of nitrogens with one attached hydrogen (secondary N) is 1. The summed E-state index contributed by atoms with van der Waals surface area (Å²) in [6.45, 7) is 0.643. The fraction of sp³-hybridized carbons (Fsp3) is 0.0588. The van der Waals surface area contributed by atoms with Gasteiger partial charge in [0.25, 0.3) is 0 Å². The van der Waals surface area contributed by atoms with E-state index in [0.717, 1.165) is 10.9 Å². The third-order valence-corrected chi connectivity index (χ3v) is 3.33. The molecule has 4 nitrogen and oxygen atoms in total. The number of fused-ring (bicyclic) bond motifs is 1. The molecule has 2 aromatic carbocycles. The molecular weight excluding hydrogens is 264 g/mol. The molecule has 0 fully saturated rings. The second kappa shape index (κ2) is 5.63. The van der Waals surface area contributed by atoms with Gasteiger partial charge in [-0.05, 0) is 5.56 Å². The molecule has 21 heavy (non-hydrogen) atoms. The van der Waals surface area contributed by atoms with E-state index < -0.39 is 5.97 Å². The van der Waals surface area contributed by atoms with Gasteiger partial charge in [-0.15, -0.1) is 0 Å². The summed E-state index contributed by atoms with van der Waals surface area (Å²) in [5.74, 6) is -0.271. The van der Waals surface area contributed by atoms with E-state index in [2.05, 4.69) is 10.3 Å². The van der Waals surface area contributed by atoms with E-state index in [0.29, 0.717) is 17.7 Å². The van der Waals surface area contributed by atoms with Crippen LogP contribution in [0.25, 0.3) is 10.8 Å². The summed E-state index contributed by atoms with van der Waals surface area (Å²) >= 11 is 0. The van der Waals surface area contributed by atoms with E-state index in [1.54, 1.807) is 6.07 Å². The molecule has 0 amide bonds. The molecule has 0 aliphatic carbocycles. The number of pyridine rings is 1. The zero-order valence-corrected chi connectivity index (χ0v) is 11.3. The Morgan fingerprint density at radius 1 is 1.00 bits per heavy atom. The standard InChI is InChI=1S/C17H14N2O2/c20-17(21)15-11-19-16(14-9-5-4-8-13(14)15)18-10-12-6-2-1-3-7-12/h1-9,11H,10H2,(H,18,19)(H,20,21). The van der Waals surface area contributed by atoms with Crippen molar-refractivity contribution in [2.24, 2.45) is 0 Å². The Labute approximate surface area is 122 Å². The topological polar surface area (TPSA) is 62.2 Å². The molecule has 104 valence electrons. The number of aromatic carboxylic acids is 1. The highest BCUT2D eigenvalue weighted by Crippen LogP contribution is 2.24. The summed E-state index contributed by atoms with van der Waals surface area (Å²) in [5.41, 5.74) is 1.36. The maximum absolute atomic E-state index is 11.2. The number of aromatic nitrogens is 1. The fourth-order valence-corrected chi connectivity index (χ4v) is 2.29. The molecule has 0 unspecified atom stereocenters. The molecule has 3 rings (SSSR count). The highest BCUT2D eigenvalue weighted by molar-refractivity contribution is 6.06. The first kappa shape index (κ1) is 13.1. The molecule has 0 atom stereocenters. The lowest BCUT2D eigenvalue weighted by molar-refractivity contribution is 0.0698. The summed E-state index contributed by atoms with van der Waals surface area (Å²) in [4.78, 5) is 15.5. The highest BCUT2D eigenvalue weighted by Gasteiger charge is 2.11. The van der Waals surface area contributed by atoms with E-state index >= 15 is 0 Å². The first-order valence-electron chi connectivity index (χ1n) is 6.64. The highest BCUT2D eigenvalue weighted by atomic mass is 16.4. The molecule has 4 heteroatoms. The first-order valence-corrected chi connectivity index (χ1v) is 6.64. The Kier molecular flexibility index (Phi) is 3.51. The van der Waals surface area contributed by atoms with Gasteiger partial charge in [0.05, 0.1) is 5.56 Å². The van der Waals surface area contributed by atoms with Gasteiger partial charge < -0.3 is 10.4 Å². The molecule has 0 saturated carbocycles. The summed E-state index contributed by atoms with van der Waals surface area (Å²) in [6, 6.07) is 17.4. The predicted octanol–water partition coefficient (Wildman–Crippen LogP) is 3.55. The van der Waals surface area contributed by atoms with Crippen LogP contribution in [0.2, 0.25) is 0 Å². The number of carboxylic acids is 1. The van der Waals surface area contributed by atoms with Crippen molar-refractivity contribution in [3.05, 3.63) is 71.9 Å². The van der Waals surface area contributed by atoms with Gasteiger partial charge >= 0.3 is 5.97 Å².